The number of aryl methyl sites for hydroxylation is 1. The van der Waals surface area contributed by atoms with Gasteiger partial charge in [-0.1, -0.05) is 63.6 Å². The summed E-state index contributed by atoms with van der Waals surface area (Å²) in [5.41, 5.74) is -0.770. The molecule has 0 radical (unpaired) electrons. The fourth-order valence-electron chi connectivity index (χ4n) is 5.15. The minimum Gasteiger partial charge on any atom is -0.508 e. The van der Waals surface area contributed by atoms with Gasteiger partial charge < -0.3 is 30.1 Å². The van der Waals surface area contributed by atoms with Gasteiger partial charge >= 0.3 is 12.1 Å². The number of phenols is 1. The van der Waals surface area contributed by atoms with Crippen LogP contribution < -0.4 is 10.6 Å². The molecule has 3 N–H and O–H groups in total. The molecule has 0 heterocycles. The quantitative estimate of drug-likeness (QED) is 0.201. The van der Waals surface area contributed by atoms with Gasteiger partial charge in [-0.05, 0) is 103 Å². The number of carbonyl (C=O) groups is 4. The Hall–Kier alpha value is -4.08. The van der Waals surface area contributed by atoms with E-state index in [0.29, 0.717) is 24.0 Å². The summed E-state index contributed by atoms with van der Waals surface area (Å²) < 4.78 is 11.3. The molecule has 2 aromatic carbocycles. The number of carbonyl (C=O) groups excluding carboxylic acids is 4. The highest BCUT2D eigenvalue weighted by molar-refractivity contribution is 5.94. The van der Waals surface area contributed by atoms with E-state index in [0.717, 1.165) is 5.56 Å². The summed E-state index contributed by atoms with van der Waals surface area (Å²) in [6.07, 6.45) is 0.423. The van der Waals surface area contributed by atoms with Gasteiger partial charge in [-0.25, -0.2) is 9.59 Å². The molecule has 48 heavy (non-hydrogen) atoms. The van der Waals surface area contributed by atoms with Crippen LogP contribution in [0.15, 0.2) is 48.5 Å². The van der Waals surface area contributed by atoms with Crippen LogP contribution in [-0.4, -0.2) is 62.7 Å². The molecule has 0 aliphatic rings. The summed E-state index contributed by atoms with van der Waals surface area (Å²) in [5, 5.41) is 16.1. The number of amides is 3. The second-order valence-corrected chi connectivity index (χ2v) is 15.1. The normalized spacial score (nSPS) is 14.6. The van der Waals surface area contributed by atoms with Crippen molar-refractivity contribution < 1.29 is 33.8 Å². The average molecular weight is 668 g/mol. The molecule has 0 bridgehead atoms. The summed E-state index contributed by atoms with van der Waals surface area (Å²) in [7, 11) is 0. The van der Waals surface area contributed by atoms with Crippen molar-refractivity contribution in [3.05, 3.63) is 65.2 Å². The van der Waals surface area contributed by atoms with Crippen LogP contribution >= 0.6 is 0 Å². The number of hydrogen-bond donors (Lipinski definition) is 3. The Morgan fingerprint density at radius 1 is 0.854 bits per heavy atom. The van der Waals surface area contributed by atoms with Gasteiger partial charge in [0.05, 0.1) is 0 Å². The lowest BCUT2D eigenvalue weighted by molar-refractivity contribution is -0.159. The Morgan fingerprint density at radius 3 is 1.94 bits per heavy atom. The van der Waals surface area contributed by atoms with Crippen molar-refractivity contribution in [1.82, 2.24) is 15.5 Å². The Morgan fingerprint density at radius 2 is 1.44 bits per heavy atom. The van der Waals surface area contributed by atoms with Crippen molar-refractivity contribution in [2.75, 3.05) is 0 Å². The average Bonchev–Trinajstić information content (AvgIpc) is 2.97. The van der Waals surface area contributed by atoms with E-state index >= 15 is 0 Å². The van der Waals surface area contributed by atoms with Gasteiger partial charge in [0.15, 0.2) is 0 Å². The fourth-order valence-corrected chi connectivity index (χ4v) is 5.15. The summed E-state index contributed by atoms with van der Waals surface area (Å²) in [4.78, 5) is 57.7. The van der Waals surface area contributed by atoms with Crippen LogP contribution in [-0.2, 0) is 30.3 Å². The van der Waals surface area contributed by atoms with E-state index in [1.165, 1.54) is 11.0 Å². The number of benzene rings is 2. The maximum absolute atomic E-state index is 14.9. The molecule has 0 saturated heterocycles. The molecule has 2 rings (SSSR count). The number of rotatable bonds is 13. The predicted octanol–water partition coefficient (Wildman–Crippen LogP) is 6.77. The van der Waals surface area contributed by atoms with Crippen LogP contribution in [0.1, 0.15) is 112 Å². The van der Waals surface area contributed by atoms with Gasteiger partial charge in [0, 0.05) is 12.0 Å². The second-order valence-electron chi connectivity index (χ2n) is 15.1. The van der Waals surface area contributed by atoms with E-state index in [1.807, 2.05) is 65.0 Å². The van der Waals surface area contributed by atoms with E-state index in [1.54, 1.807) is 60.6 Å². The van der Waals surface area contributed by atoms with Gasteiger partial charge in [-0.2, -0.15) is 0 Å². The standard InChI is InChI=1S/C38H57N3O7/c1-13-24(3)30(40-35(46)48-37(8,9)10)33(44)41(38(11,12)14-2)31(27-20-21-29(42)25(4)22-27)32(43)39-28(34(45)47-36(5,6)7)23-26-18-16-15-17-19-26/h15-22,24,28,30-31,42H,13-14,23H2,1-12H3,(H,39,43)(H,40,46). The second kappa shape index (κ2) is 16.3. The molecule has 0 saturated carbocycles. The summed E-state index contributed by atoms with van der Waals surface area (Å²) in [6, 6.07) is 10.7. The largest absolute Gasteiger partial charge is 0.508 e. The lowest BCUT2D eigenvalue weighted by Crippen LogP contribution is -2.61. The number of alkyl carbamates (subject to hydrolysis) is 1. The Labute approximate surface area is 287 Å². The number of nitrogens with zero attached hydrogens (tertiary/aromatic N) is 1. The first kappa shape index (κ1) is 40.1. The lowest BCUT2D eigenvalue weighted by atomic mass is 9.89. The summed E-state index contributed by atoms with van der Waals surface area (Å²) >= 11 is 0. The third-order valence-corrected chi connectivity index (χ3v) is 8.24. The van der Waals surface area contributed by atoms with Crippen LogP contribution in [0, 0.1) is 12.8 Å². The van der Waals surface area contributed by atoms with E-state index in [2.05, 4.69) is 10.6 Å². The molecule has 0 aliphatic carbocycles. The molecule has 0 spiro atoms. The molecule has 4 unspecified atom stereocenters. The molecule has 2 aromatic rings. The Balaban J connectivity index is 2.76. The molecule has 4 atom stereocenters. The van der Waals surface area contributed by atoms with Crippen molar-refractivity contribution in [2.24, 2.45) is 5.92 Å². The van der Waals surface area contributed by atoms with E-state index in [-0.39, 0.29) is 18.1 Å². The van der Waals surface area contributed by atoms with Gasteiger partial charge in [0.25, 0.3) is 0 Å². The smallest absolute Gasteiger partial charge is 0.408 e. The maximum atomic E-state index is 14.9. The number of nitrogens with one attached hydrogen (secondary N) is 2. The first-order valence-corrected chi connectivity index (χ1v) is 16.8. The monoisotopic (exact) mass is 667 g/mol. The SMILES string of the molecule is CCC(C)C(NC(=O)OC(C)(C)C)C(=O)N(C(C(=O)NC(Cc1ccccc1)C(=O)OC(C)(C)C)c1ccc(O)c(C)c1)C(C)(C)CC. The minimum absolute atomic E-state index is 0.0327. The molecule has 0 aliphatic heterocycles. The third-order valence-electron chi connectivity index (χ3n) is 8.24. The topological polar surface area (TPSA) is 134 Å². The molecule has 10 heteroatoms. The van der Waals surface area contributed by atoms with Crippen LogP contribution in [0.25, 0.3) is 0 Å². The lowest BCUT2D eigenvalue weighted by Gasteiger charge is -2.45. The zero-order valence-electron chi connectivity index (χ0n) is 30.9. The van der Waals surface area contributed by atoms with Gasteiger partial charge in [-0.15, -0.1) is 0 Å². The van der Waals surface area contributed by atoms with Crippen molar-refractivity contribution in [3.63, 3.8) is 0 Å². The number of hydrogen-bond acceptors (Lipinski definition) is 7. The highest BCUT2D eigenvalue weighted by Crippen LogP contribution is 2.35. The predicted molar refractivity (Wildman–Crippen MR) is 187 cm³/mol. The first-order chi connectivity index (χ1) is 22.1. The van der Waals surface area contributed by atoms with E-state index < -0.39 is 58.7 Å². The zero-order valence-corrected chi connectivity index (χ0v) is 30.9. The summed E-state index contributed by atoms with van der Waals surface area (Å²) in [5.74, 6) is -1.99. The first-order valence-electron chi connectivity index (χ1n) is 16.8. The Bertz CT molecular complexity index is 1410. The maximum Gasteiger partial charge on any atom is 0.408 e. The van der Waals surface area contributed by atoms with Crippen molar-refractivity contribution >= 4 is 23.9 Å². The molecular formula is C38H57N3O7. The molecule has 3 amide bonds. The number of aromatic hydroxyl groups is 1. The van der Waals surface area contributed by atoms with Gasteiger partial charge in [0.1, 0.15) is 35.1 Å². The van der Waals surface area contributed by atoms with Crippen LogP contribution in [0.4, 0.5) is 4.79 Å². The van der Waals surface area contributed by atoms with Crippen LogP contribution in [0.3, 0.4) is 0 Å². The van der Waals surface area contributed by atoms with Gasteiger partial charge in [-0.3, -0.25) is 9.59 Å². The number of ether oxygens (including phenoxy) is 2. The van der Waals surface area contributed by atoms with Crippen molar-refractivity contribution in [1.29, 1.82) is 0 Å². The zero-order chi connectivity index (χ0) is 36.6. The molecular weight excluding hydrogens is 610 g/mol. The third kappa shape index (κ3) is 11.6. The van der Waals surface area contributed by atoms with E-state index in [9.17, 15) is 24.3 Å². The number of phenolic OH excluding ortho intramolecular Hbond substituents is 1. The molecule has 10 nitrogen and oxygen atoms in total. The highest BCUT2D eigenvalue weighted by Gasteiger charge is 2.45. The fraction of sp³-hybridized carbons (Fsp3) is 0.579. The highest BCUT2D eigenvalue weighted by atomic mass is 16.6. The van der Waals surface area contributed by atoms with Crippen molar-refractivity contribution in [2.45, 2.75) is 137 Å². The minimum atomic E-state index is -1.25. The van der Waals surface area contributed by atoms with E-state index in [4.69, 9.17) is 9.47 Å². The molecule has 0 aromatic heterocycles. The summed E-state index contributed by atoms with van der Waals surface area (Å²) in [6.45, 7) is 21.6. The van der Waals surface area contributed by atoms with Crippen LogP contribution in [0.2, 0.25) is 0 Å². The molecule has 0 fully saturated rings. The Kier molecular flexibility index (Phi) is 13.7. The van der Waals surface area contributed by atoms with Gasteiger partial charge in [0.2, 0.25) is 11.8 Å². The van der Waals surface area contributed by atoms with Crippen molar-refractivity contribution in [3.8, 4) is 5.75 Å². The number of esters is 1. The van der Waals surface area contributed by atoms with Crippen LogP contribution in [0.5, 0.6) is 5.75 Å². The molecule has 266 valence electrons.